The quantitative estimate of drug-likeness (QED) is 0.702. The number of ether oxygens (including phenoxy) is 1. The Balaban J connectivity index is 2.41. The fourth-order valence-electron chi connectivity index (χ4n) is 1.11. The van der Waals surface area contributed by atoms with Crippen LogP contribution < -0.4 is 4.74 Å². The van der Waals surface area contributed by atoms with Crippen molar-refractivity contribution in [3.8, 4) is 17.0 Å². The number of hydrogen-bond acceptors (Lipinski definition) is 3. The average Bonchev–Trinajstić information content (AvgIpc) is 2.71. The van der Waals surface area contributed by atoms with Crippen LogP contribution in [0, 0.1) is 0 Å². The minimum Gasteiger partial charge on any atom is -0.497 e. The van der Waals surface area contributed by atoms with Gasteiger partial charge in [-0.3, -0.25) is 4.98 Å². The monoisotopic (exact) mass is 175 g/mol. The highest BCUT2D eigenvalue weighted by Gasteiger charge is 2.01. The zero-order valence-electron chi connectivity index (χ0n) is 7.23. The Kier molecular flexibility index (Phi) is 2.00. The lowest BCUT2D eigenvalue weighted by Gasteiger charge is -2.00. The molecular weight excluding hydrogens is 166 g/mol. The van der Waals surface area contributed by atoms with E-state index in [1.807, 2.05) is 18.2 Å². The number of furan rings is 1. The second kappa shape index (κ2) is 3.31. The molecule has 0 saturated carbocycles. The number of hydrogen-bond donors (Lipinski definition) is 0. The standard InChI is InChI=1S/C10H9NO2/c1-12-9-2-4-11-10(6-9)8-3-5-13-7-8/h2-7H,1H3. The minimum atomic E-state index is 0.797. The summed E-state index contributed by atoms with van der Waals surface area (Å²) in [5.41, 5.74) is 1.81. The Bertz CT molecular complexity index is 382. The molecule has 2 aromatic heterocycles. The van der Waals surface area contributed by atoms with Gasteiger partial charge in [-0.25, -0.2) is 0 Å². The van der Waals surface area contributed by atoms with E-state index in [0.717, 1.165) is 17.0 Å². The lowest BCUT2D eigenvalue weighted by molar-refractivity contribution is 0.414. The van der Waals surface area contributed by atoms with Crippen molar-refractivity contribution in [3.63, 3.8) is 0 Å². The zero-order chi connectivity index (χ0) is 9.10. The van der Waals surface area contributed by atoms with E-state index in [-0.39, 0.29) is 0 Å². The van der Waals surface area contributed by atoms with Crippen LogP contribution in [0.2, 0.25) is 0 Å². The van der Waals surface area contributed by atoms with Crippen molar-refractivity contribution in [1.29, 1.82) is 0 Å². The molecule has 0 spiro atoms. The number of aromatic nitrogens is 1. The van der Waals surface area contributed by atoms with Gasteiger partial charge in [0.25, 0.3) is 0 Å². The summed E-state index contributed by atoms with van der Waals surface area (Å²) >= 11 is 0. The van der Waals surface area contributed by atoms with Crippen LogP contribution in [0.15, 0.2) is 41.3 Å². The van der Waals surface area contributed by atoms with Gasteiger partial charge >= 0.3 is 0 Å². The van der Waals surface area contributed by atoms with Crippen LogP contribution in [0.1, 0.15) is 0 Å². The molecule has 0 aromatic carbocycles. The van der Waals surface area contributed by atoms with Gasteiger partial charge in [-0.1, -0.05) is 0 Å². The predicted octanol–water partition coefficient (Wildman–Crippen LogP) is 2.35. The molecule has 0 aliphatic rings. The minimum absolute atomic E-state index is 0.797. The number of methoxy groups -OCH3 is 1. The number of rotatable bonds is 2. The van der Waals surface area contributed by atoms with Gasteiger partial charge in [-0.15, -0.1) is 0 Å². The Morgan fingerprint density at radius 2 is 2.31 bits per heavy atom. The van der Waals surface area contributed by atoms with Crippen molar-refractivity contribution in [2.45, 2.75) is 0 Å². The maximum atomic E-state index is 5.08. The smallest absolute Gasteiger partial charge is 0.122 e. The number of pyridine rings is 1. The second-order valence-corrected chi connectivity index (χ2v) is 2.59. The van der Waals surface area contributed by atoms with Crippen molar-refractivity contribution in [3.05, 3.63) is 36.9 Å². The molecule has 2 heterocycles. The van der Waals surface area contributed by atoms with Crippen LogP contribution in [-0.2, 0) is 0 Å². The molecule has 3 heteroatoms. The molecule has 0 bridgehead atoms. The van der Waals surface area contributed by atoms with Crippen LogP contribution in [0.25, 0.3) is 11.3 Å². The molecule has 0 radical (unpaired) electrons. The first-order chi connectivity index (χ1) is 6.40. The van der Waals surface area contributed by atoms with Gasteiger partial charge in [0, 0.05) is 17.8 Å². The molecule has 2 rings (SSSR count). The first-order valence-corrected chi connectivity index (χ1v) is 3.93. The van der Waals surface area contributed by atoms with E-state index >= 15 is 0 Å². The molecule has 0 unspecified atom stereocenters. The molecule has 66 valence electrons. The Morgan fingerprint density at radius 1 is 1.38 bits per heavy atom. The van der Waals surface area contributed by atoms with Gasteiger partial charge < -0.3 is 9.15 Å². The third-order valence-electron chi connectivity index (χ3n) is 1.78. The maximum absolute atomic E-state index is 5.08. The maximum Gasteiger partial charge on any atom is 0.122 e. The van der Waals surface area contributed by atoms with Crippen molar-refractivity contribution >= 4 is 0 Å². The van der Waals surface area contributed by atoms with Gasteiger partial charge in [0.05, 0.1) is 25.3 Å². The van der Waals surface area contributed by atoms with E-state index in [9.17, 15) is 0 Å². The fraction of sp³-hybridized carbons (Fsp3) is 0.100. The molecule has 0 aliphatic heterocycles. The molecule has 3 nitrogen and oxygen atoms in total. The summed E-state index contributed by atoms with van der Waals surface area (Å²) in [6, 6.07) is 5.54. The molecular formula is C10H9NO2. The van der Waals surface area contributed by atoms with Crippen LogP contribution in [0.3, 0.4) is 0 Å². The topological polar surface area (TPSA) is 35.3 Å². The fourth-order valence-corrected chi connectivity index (χ4v) is 1.11. The van der Waals surface area contributed by atoms with Crippen LogP contribution in [0.4, 0.5) is 0 Å². The Labute approximate surface area is 76.0 Å². The highest BCUT2D eigenvalue weighted by atomic mass is 16.5. The van der Waals surface area contributed by atoms with Gasteiger partial charge in [-0.2, -0.15) is 0 Å². The summed E-state index contributed by atoms with van der Waals surface area (Å²) in [5, 5.41) is 0. The average molecular weight is 175 g/mol. The zero-order valence-corrected chi connectivity index (χ0v) is 7.23. The van der Waals surface area contributed by atoms with Gasteiger partial charge in [0.15, 0.2) is 0 Å². The van der Waals surface area contributed by atoms with E-state index in [1.165, 1.54) is 0 Å². The van der Waals surface area contributed by atoms with Gasteiger partial charge in [-0.05, 0) is 12.1 Å². The highest BCUT2D eigenvalue weighted by molar-refractivity contribution is 5.58. The van der Waals surface area contributed by atoms with Crippen molar-refractivity contribution in [2.24, 2.45) is 0 Å². The summed E-state index contributed by atoms with van der Waals surface area (Å²) in [7, 11) is 1.63. The van der Waals surface area contributed by atoms with E-state index in [0.29, 0.717) is 0 Å². The summed E-state index contributed by atoms with van der Waals surface area (Å²) in [5.74, 6) is 0.797. The molecule has 0 aliphatic carbocycles. The predicted molar refractivity (Wildman–Crippen MR) is 48.5 cm³/mol. The first-order valence-electron chi connectivity index (χ1n) is 3.93. The van der Waals surface area contributed by atoms with E-state index < -0.39 is 0 Å². The first kappa shape index (κ1) is 7.86. The van der Waals surface area contributed by atoms with Crippen molar-refractivity contribution in [1.82, 2.24) is 4.98 Å². The van der Waals surface area contributed by atoms with Crippen molar-refractivity contribution in [2.75, 3.05) is 7.11 Å². The summed E-state index contributed by atoms with van der Waals surface area (Å²) in [6.07, 6.45) is 4.99. The normalized spacial score (nSPS) is 9.92. The molecule has 2 aromatic rings. The van der Waals surface area contributed by atoms with Crippen LogP contribution in [-0.4, -0.2) is 12.1 Å². The molecule has 0 atom stereocenters. The Morgan fingerprint density at radius 3 is 3.00 bits per heavy atom. The van der Waals surface area contributed by atoms with E-state index in [2.05, 4.69) is 4.98 Å². The summed E-state index contributed by atoms with van der Waals surface area (Å²) in [6.45, 7) is 0. The van der Waals surface area contributed by atoms with Crippen LogP contribution in [0.5, 0.6) is 5.75 Å². The second-order valence-electron chi connectivity index (χ2n) is 2.59. The van der Waals surface area contributed by atoms with Crippen LogP contribution >= 0.6 is 0 Å². The van der Waals surface area contributed by atoms with E-state index in [1.54, 1.807) is 25.8 Å². The largest absolute Gasteiger partial charge is 0.497 e. The lowest BCUT2D eigenvalue weighted by Crippen LogP contribution is -1.85. The third kappa shape index (κ3) is 1.54. The molecule has 0 amide bonds. The highest BCUT2D eigenvalue weighted by Crippen LogP contribution is 2.20. The van der Waals surface area contributed by atoms with Gasteiger partial charge in [0.1, 0.15) is 5.75 Å². The molecule has 13 heavy (non-hydrogen) atoms. The molecule has 0 N–H and O–H groups in total. The number of nitrogens with zero attached hydrogens (tertiary/aromatic N) is 1. The lowest BCUT2D eigenvalue weighted by atomic mass is 10.2. The molecule has 0 saturated heterocycles. The van der Waals surface area contributed by atoms with Gasteiger partial charge in [0.2, 0.25) is 0 Å². The summed E-state index contributed by atoms with van der Waals surface area (Å²) < 4.78 is 10.0. The van der Waals surface area contributed by atoms with E-state index in [4.69, 9.17) is 9.15 Å². The third-order valence-corrected chi connectivity index (χ3v) is 1.78. The molecule has 0 fully saturated rings. The Hall–Kier alpha value is -1.77. The SMILES string of the molecule is COc1ccnc(-c2ccoc2)c1. The summed E-state index contributed by atoms with van der Waals surface area (Å²) in [4.78, 5) is 4.19. The van der Waals surface area contributed by atoms with Crippen molar-refractivity contribution < 1.29 is 9.15 Å².